The van der Waals surface area contributed by atoms with Gasteiger partial charge in [-0.3, -0.25) is 9.52 Å². The lowest BCUT2D eigenvalue weighted by atomic mass is 10.00. The van der Waals surface area contributed by atoms with Crippen LogP contribution in [0.1, 0.15) is 32.9 Å². The van der Waals surface area contributed by atoms with Crippen LogP contribution in [0, 0.1) is 13.8 Å². The van der Waals surface area contributed by atoms with Crippen molar-refractivity contribution in [3.05, 3.63) is 64.2 Å². The number of fused-ring (bicyclic) bond motifs is 1. The highest BCUT2D eigenvalue weighted by Gasteiger charge is 2.26. The lowest BCUT2D eigenvalue weighted by Crippen LogP contribution is -2.36. The summed E-state index contributed by atoms with van der Waals surface area (Å²) in [7, 11) is -3.78. The molecular weight excluding hydrogens is 408 g/mol. The fourth-order valence-electron chi connectivity index (χ4n) is 3.42. The van der Waals surface area contributed by atoms with E-state index in [1.165, 1.54) is 17.4 Å². The van der Waals surface area contributed by atoms with Crippen molar-refractivity contribution >= 4 is 38.1 Å². The van der Waals surface area contributed by atoms with Gasteiger partial charge in [0.15, 0.2) is 0 Å². The maximum absolute atomic E-state index is 13.1. The van der Waals surface area contributed by atoms with Gasteiger partial charge in [0, 0.05) is 17.8 Å². The Morgan fingerprint density at radius 2 is 1.93 bits per heavy atom. The Bertz CT molecular complexity index is 1190. The number of nitrogens with one attached hydrogen (secondary N) is 1. The Labute approximate surface area is 173 Å². The summed E-state index contributed by atoms with van der Waals surface area (Å²) in [5.41, 5.74) is 3.18. The molecule has 0 unspecified atom stereocenters. The fourth-order valence-corrected chi connectivity index (χ4v) is 5.29. The summed E-state index contributed by atoms with van der Waals surface area (Å²) in [5.74, 6) is -0.0675. The second-order valence-corrected chi connectivity index (χ2v) is 9.76. The van der Waals surface area contributed by atoms with Crippen LogP contribution in [-0.4, -0.2) is 31.1 Å². The molecule has 1 N–H and O–H groups in total. The third kappa shape index (κ3) is 3.88. The Morgan fingerprint density at radius 1 is 1.14 bits per heavy atom. The molecule has 0 spiro atoms. The maximum atomic E-state index is 13.1. The van der Waals surface area contributed by atoms with Crippen LogP contribution in [0.3, 0.4) is 0 Å². The van der Waals surface area contributed by atoms with Gasteiger partial charge in [-0.15, -0.1) is 10.2 Å². The molecule has 0 saturated heterocycles. The van der Waals surface area contributed by atoms with Crippen LogP contribution in [-0.2, 0) is 16.4 Å². The Morgan fingerprint density at radius 3 is 2.66 bits per heavy atom. The van der Waals surface area contributed by atoms with E-state index in [4.69, 9.17) is 0 Å². The van der Waals surface area contributed by atoms with Crippen LogP contribution in [0.25, 0.3) is 0 Å². The SMILES string of the molecule is Cc1nnc(NS(=O)(=O)c2ccc3c(c2)CCCN3C(=O)c2ccccc2C)s1. The number of carbonyl (C=O) groups is 1. The van der Waals surface area contributed by atoms with E-state index in [2.05, 4.69) is 14.9 Å². The summed E-state index contributed by atoms with van der Waals surface area (Å²) < 4.78 is 27.9. The molecule has 3 aromatic rings. The van der Waals surface area contributed by atoms with Gasteiger partial charge in [-0.1, -0.05) is 29.5 Å². The van der Waals surface area contributed by atoms with E-state index < -0.39 is 10.0 Å². The van der Waals surface area contributed by atoms with E-state index in [0.717, 1.165) is 23.2 Å². The number of nitrogens with zero attached hydrogens (tertiary/aromatic N) is 3. The van der Waals surface area contributed by atoms with Crippen molar-refractivity contribution in [2.45, 2.75) is 31.6 Å². The lowest BCUT2D eigenvalue weighted by Gasteiger charge is -2.30. The summed E-state index contributed by atoms with van der Waals surface area (Å²) in [4.78, 5) is 15.0. The van der Waals surface area contributed by atoms with Crippen molar-refractivity contribution in [1.29, 1.82) is 0 Å². The van der Waals surface area contributed by atoms with Crippen molar-refractivity contribution in [2.75, 3.05) is 16.2 Å². The molecule has 0 radical (unpaired) electrons. The first-order chi connectivity index (χ1) is 13.8. The highest BCUT2D eigenvalue weighted by atomic mass is 32.2. The van der Waals surface area contributed by atoms with Crippen molar-refractivity contribution in [2.24, 2.45) is 0 Å². The molecule has 1 amide bonds. The van der Waals surface area contributed by atoms with E-state index in [1.807, 2.05) is 31.2 Å². The quantitative estimate of drug-likeness (QED) is 0.686. The van der Waals surface area contributed by atoms with E-state index in [9.17, 15) is 13.2 Å². The monoisotopic (exact) mass is 428 g/mol. The Balaban J connectivity index is 1.65. The third-order valence-electron chi connectivity index (χ3n) is 4.85. The second-order valence-electron chi connectivity index (χ2n) is 6.90. The van der Waals surface area contributed by atoms with Crippen LogP contribution in [0.5, 0.6) is 0 Å². The van der Waals surface area contributed by atoms with Crippen molar-refractivity contribution in [1.82, 2.24) is 10.2 Å². The Kier molecular flexibility index (Phi) is 5.10. The average molecular weight is 429 g/mol. The summed E-state index contributed by atoms with van der Waals surface area (Å²) in [6.45, 7) is 4.28. The fraction of sp³-hybridized carbons (Fsp3) is 0.250. The zero-order valence-electron chi connectivity index (χ0n) is 16.0. The highest BCUT2D eigenvalue weighted by molar-refractivity contribution is 7.93. The number of anilines is 2. The number of aryl methyl sites for hydroxylation is 3. The minimum Gasteiger partial charge on any atom is -0.308 e. The van der Waals surface area contributed by atoms with Gasteiger partial charge in [0.25, 0.3) is 15.9 Å². The predicted octanol–water partition coefficient (Wildman–Crippen LogP) is 3.55. The highest BCUT2D eigenvalue weighted by Crippen LogP contribution is 2.31. The molecule has 9 heteroatoms. The molecule has 29 heavy (non-hydrogen) atoms. The van der Waals surface area contributed by atoms with Crippen LogP contribution in [0.2, 0.25) is 0 Å². The van der Waals surface area contributed by atoms with Gasteiger partial charge < -0.3 is 4.90 Å². The molecule has 1 aliphatic heterocycles. The van der Waals surface area contributed by atoms with Crippen LogP contribution < -0.4 is 9.62 Å². The van der Waals surface area contributed by atoms with E-state index in [1.54, 1.807) is 24.0 Å². The van der Waals surface area contributed by atoms with Gasteiger partial charge in [0.1, 0.15) is 5.01 Å². The van der Waals surface area contributed by atoms with Gasteiger partial charge in [0.2, 0.25) is 5.13 Å². The van der Waals surface area contributed by atoms with E-state index in [-0.39, 0.29) is 15.9 Å². The number of sulfonamides is 1. The van der Waals surface area contributed by atoms with Crippen LogP contribution in [0.4, 0.5) is 10.8 Å². The molecule has 1 aromatic heterocycles. The zero-order chi connectivity index (χ0) is 20.6. The number of hydrogen-bond donors (Lipinski definition) is 1. The van der Waals surface area contributed by atoms with Gasteiger partial charge >= 0.3 is 0 Å². The number of carbonyl (C=O) groups excluding carboxylic acids is 1. The number of aromatic nitrogens is 2. The molecule has 0 atom stereocenters. The summed E-state index contributed by atoms with van der Waals surface area (Å²) in [6.07, 6.45) is 1.49. The predicted molar refractivity (Wildman–Crippen MR) is 113 cm³/mol. The molecular formula is C20H20N4O3S2. The lowest BCUT2D eigenvalue weighted by molar-refractivity contribution is 0.0984. The second kappa shape index (κ2) is 7.57. The minimum atomic E-state index is -3.78. The Hall–Kier alpha value is -2.78. The first kappa shape index (κ1) is 19.5. The van der Waals surface area contributed by atoms with Crippen molar-refractivity contribution < 1.29 is 13.2 Å². The zero-order valence-corrected chi connectivity index (χ0v) is 17.7. The molecule has 2 aromatic carbocycles. The van der Waals surface area contributed by atoms with Gasteiger partial charge in [-0.2, -0.15) is 0 Å². The first-order valence-electron chi connectivity index (χ1n) is 9.18. The number of benzene rings is 2. The molecule has 150 valence electrons. The molecule has 0 fully saturated rings. The van der Waals surface area contributed by atoms with Gasteiger partial charge in [-0.05, 0) is 62.1 Å². The smallest absolute Gasteiger partial charge is 0.263 e. The number of amides is 1. The molecule has 2 heterocycles. The standard InChI is InChI=1S/C20H20N4O3S2/c1-13-6-3-4-8-17(13)19(25)24-11-5-7-15-12-16(9-10-18(15)24)29(26,27)23-20-22-21-14(2)28-20/h3-4,6,8-10,12H,5,7,11H2,1-2H3,(H,22,23). The average Bonchev–Trinajstić information content (AvgIpc) is 3.10. The molecule has 7 nitrogen and oxygen atoms in total. The van der Waals surface area contributed by atoms with Gasteiger partial charge in [0.05, 0.1) is 4.90 Å². The largest absolute Gasteiger partial charge is 0.308 e. The summed E-state index contributed by atoms with van der Waals surface area (Å²) in [5, 5.41) is 8.56. The molecule has 0 aliphatic carbocycles. The van der Waals surface area contributed by atoms with Crippen molar-refractivity contribution in [3.63, 3.8) is 0 Å². The summed E-state index contributed by atoms with van der Waals surface area (Å²) in [6, 6.07) is 12.4. The van der Waals surface area contributed by atoms with Gasteiger partial charge in [-0.25, -0.2) is 8.42 Å². The molecule has 0 saturated carbocycles. The summed E-state index contributed by atoms with van der Waals surface area (Å²) >= 11 is 1.18. The number of rotatable bonds is 4. The molecule has 0 bridgehead atoms. The normalized spacial score (nSPS) is 13.8. The van der Waals surface area contributed by atoms with E-state index >= 15 is 0 Å². The first-order valence-corrected chi connectivity index (χ1v) is 11.5. The van der Waals surface area contributed by atoms with Crippen LogP contribution in [0.15, 0.2) is 47.4 Å². The minimum absolute atomic E-state index is 0.0675. The molecule has 1 aliphatic rings. The maximum Gasteiger partial charge on any atom is 0.263 e. The van der Waals surface area contributed by atoms with Crippen molar-refractivity contribution in [3.8, 4) is 0 Å². The van der Waals surface area contributed by atoms with E-state index in [0.29, 0.717) is 23.5 Å². The number of hydrogen-bond acceptors (Lipinski definition) is 6. The molecule has 4 rings (SSSR count). The topological polar surface area (TPSA) is 92.3 Å². The third-order valence-corrected chi connectivity index (χ3v) is 7.07. The van der Waals surface area contributed by atoms with Crippen LogP contribution >= 0.6 is 11.3 Å².